The van der Waals surface area contributed by atoms with Crippen molar-refractivity contribution < 1.29 is 19.4 Å². The van der Waals surface area contributed by atoms with Crippen LogP contribution in [-0.2, 0) is 0 Å². The standard InChI is InChI=1S/C15H16N2O5/c1-3-6-22-11-5-4-9(7-12(11)21-2)13-16-8-10(15(19)20)14(18)17-13/h4-5,7-8H,3,6H2,1-2H3,(H,19,20)(H,16,17,18). The molecule has 1 heterocycles. The number of aromatic amines is 1. The number of rotatable bonds is 6. The largest absolute Gasteiger partial charge is 0.493 e. The van der Waals surface area contributed by atoms with Crippen LogP contribution in [0, 0.1) is 0 Å². The summed E-state index contributed by atoms with van der Waals surface area (Å²) in [4.78, 5) is 28.9. The molecule has 1 aromatic carbocycles. The molecule has 22 heavy (non-hydrogen) atoms. The fourth-order valence-electron chi connectivity index (χ4n) is 1.84. The summed E-state index contributed by atoms with van der Waals surface area (Å²) in [5.74, 6) is 0.0463. The predicted octanol–water partition coefficient (Wildman–Crippen LogP) is 1.93. The molecule has 0 atom stereocenters. The molecule has 0 bridgehead atoms. The smallest absolute Gasteiger partial charge is 0.342 e. The van der Waals surface area contributed by atoms with Crippen molar-refractivity contribution in [1.29, 1.82) is 0 Å². The number of nitrogens with zero attached hydrogens (tertiary/aromatic N) is 1. The topological polar surface area (TPSA) is 102 Å². The quantitative estimate of drug-likeness (QED) is 0.845. The van der Waals surface area contributed by atoms with Crippen LogP contribution in [0.5, 0.6) is 11.5 Å². The van der Waals surface area contributed by atoms with Crippen molar-refractivity contribution in [3.05, 3.63) is 40.3 Å². The Hall–Kier alpha value is -2.83. The molecule has 0 radical (unpaired) electrons. The molecule has 7 nitrogen and oxygen atoms in total. The van der Waals surface area contributed by atoms with Crippen molar-refractivity contribution in [3.63, 3.8) is 0 Å². The first kappa shape index (κ1) is 15.6. The van der Waals surface area contributed by atoms with Gasteiger partial charge in [-0.05, 0) is 24.6 Å². The molecule has 0 aliphatic rings. The van der Waals surface area contributed by atoms with Gasteiger partial charge in [-0.3, -0.25) is 4.79 Å². The molecule has 0 aliphatic carbocycles. The molecule has 0 saturated heterocycles. The van der Waals surface area contributed by atoms with Crippen LogP contribution >= 0.6 is 0 Å². The third-order valence-corrected chi connectivity index (χ3v) is 2.93. The Morgan fingerprint density at radius 3 is 2.73 bits per heavy atom. The van der Waals surface area contributed by atoms with Crippen LogP contribution in [-0.4, -0.2) is 34.8 Å². The second-order valence-corrected chi connectivity index (χ2v) is 4.49. The molecule has 2 aromatic rings. The number of ether oxygens (including phenoxy) is 2. The van der Waals surface area contributed by atoms with Crippen molar-refractivity contribution >= 4 is 5.97 Å². The lowest BCUT2D eigenvalue weighted by atomic mass is 10.2. The van der Waals surface area contributed by atoms with E-state index < -0.39 is 17.1 Å². The van der Waals surface area contributed by atoms with Gasteiger partial charge in [0.05, 0.1) is 13.7 Å². The highest BCUT2D eigenvalue weighted by molar-refractivity contribution is 5.86. The van der Waals surface area contributed by atoms with E-state index in [0.29, 0.717) is 23.7 Å². The Morgan fingerprint density at radius 1 is 1.36 bits per heavy atom. The van der Waals surface area contributed by atoms with Gasteiger partial charge in [-0.1, -0.05) is 6.92 Å². The monoisotopic (exact) mass is 304 g/mol. The molecule has 116 valence electrons. The number of aromatic nitrogens is 2. The average Bonchev–Trinajstić information content (AvgIpc) is 2.52. The fraction of sp³-hybridized carbons (Fsp3) is 0.267. The molecule has 7 heteroatoms. The maximum atomic E-state index is 11.7. The number of nitrogens with one attached hydrogen (secondary N) is 1. The maximum Gasteiger partial charge on any atom is 0.342 e. The van der Waals surface area contributed by atoms with Crippen molar-refractivity contribution in [2.45, 2.75) is 13.3 Å². The number of aromatic carboxylic acids is 1. The van der Waals surface area contributed by atoms with Crippen LogP contribution in [0.15, 0.2) is 29.2 Å². The number of methoxy groups -OCH3 is 1. The number of hydrogen-bond donors (Lipinski definition) is 2. The lowest BCUT2D eigenvalue weighted by Gasteiger charge is -2.11. The minimum atomic E-state index is -1.32. The van der Waals surface area contributed by atoms with Gasteiger partial charge in [-0.15, -0.1) is 0 Å². The van der Waals surface area contributed by atoms with E-state index in [1.165, 1.54) is 7.11 Å². The van der Waals surface area contributed by atoms with Gasteiger partial charge >= 0.3 is 5.97 Å². The van der Waals surface area contributed by atoms with Crippen molar-refractivity contribution in [1.82, 2.24) is 9.97 Å². The number of hydrogen-bond acceptors (Lipinski definition) is 5. The molecular weight excluding hydrogens is 288 g/mol. The summed E-state index contributed by atoms with van der Waals surface area (Å²) in [5.41, 5.74) is -0.517. The van der Waals surface area contributed by atoms with Crippen molar-refractivity contribution in [2.75, 3.05) is 13.7 Å². The third kappa shape index (κ3) is 3.25. The van der Waals surface area contributed by atoms with Crippen molar-refractivity contribution in [3.8, 4) is 22.9 Å². The molecule has 0 unspecified atom stereocenters. The second kappa shape index (κ2) is 6.75. The van der Waals surface area contributed by atoms with E-state index in [1.54, 1.807) is 18.2 Å². The summed E-state index contributed by atoms with van der Waals surface area (Å²) in [7, 11) is 1.52. The van der Waals surface area contributed by atoms with Crippen LogP contribution in [0.1, 0.15) is 23.7 Å². The summed E-state index contributed by atoms with van der Waals surface area (Å²) in [5, 5.41) is 8.83. The lowest BCUT2D eigenvalue weighted by molar-refractivity contribution is 0.0694. The zero-order valence-electron chi connectivity index (χ0n) is 12.3. The first-order chi connectivity index (χ1) is 10.6. The third-order valence-electron chi connectivity index (χ3n) is 2.93. The number of benzene rings is 1. The van der Waals surface area contributed by atoms with Gasteiger partial charge in [-0.25, -0.2) is 9.78 Å². The van der Waals surface area contributed by atoms with Gasteiger partial charge in [-0.2, -0.15) is 0 Å². The fourth-order valence-corrected chi connectivity index (χ4v) is 1.84. The minimum Gasteiger partial charge on any atom is -0.493 e. The Morgan fingerprint density at radius 2 is 2.14 bits per heavy atom. The normalized spacial score (nSPS) is 10.3. The molecule has 0 saturated carbocycles. The Bertz CT molecular complexity index is 739. The zero-order chi connectivity index (χ0) is 16.1. The van der Waals surface area contributed by atoms with Crippen LogP contribution < -0.4 is 15.0 Å². The molecule has 0 amide bonds. The van der Waals surface area contributed by atoms with Crippen LogP contribution in [0.25, 0.3) is 11.4 Å². The van der Waals surface area contributed by atoms with Gasteiger partial charge in [0.25, 0.3) is 5.56 Å². The molecule has 0 spiro atoms. The molecule has 1 aromatic heterocycles. The number of carboxylic acid groups (broad SMARTS) is 1. The summed E-state index contributed by atoms with van der Waals surface area (Å²) >= 11 is 0. The Balaban J connectivity index is 2.39. The average molecular weight is 304 g/mol. The van der Waals surface area contributed by atoms with E-state index in [2.05, 4.69) is 9.97 Å². The minimum absolute atomic E-state index is 0.260. The number of carbonyl (C=O) groups is 1. The summed E-state index contributed by atoms with van der Waals surface area (Å²) < 4.78 is 10.8. The summed E-state index contributed by atoms with van der Waals surface area (Å²) in [6.45, 7) is 2.57. The highest BCUT2D eigenvalue weighted by Gasteiger charge is 2.12. The van der Waals surface area contributed by atoms with Crippen molar-refractivity contribution in [2.24, 2.45) is 0 Å². The lowest BCUT2D eigenvalue weighted by Crippen LogP contribution is -2.18. The van der Waals surface area contributed by atoms with Crippen LogP contribution in [0.4, 0.5) is 0 Å². The summed E-state index contributed by atoms with van der Waals surface area (Å²) in [6, 6.07) is 5.10. The molecule has 2 rings (SSSR count). The van der Waals surface area contributed by atoms with Crippen LogP contribution in [0.2, 0.25) is 0 Å². The second-order valence-electron chi connectivity index (χ2n) is 4.49. The van der Waals surface area contributed by atoms with Gasteiger partial charge in [0.1, 0.15) is 11.4 Å². The molecule has 2 N–H and O–H groups in total. The van der Waals surface area contributed by atoms with Crippen LogP contribution in [0.3, 0.4) is 0 Å². The molecule has 0 fully saturated rings. The first-order valence-electron chi connectivity index (χ1n) is 6.70. The Kier molecular flexibility index (Phi) is 4.77. The van der Waals surface area contributed by atoms with Gasteiger partial charge in [0.15, 0.2) is 11.5 Å². The zero-order valence-corrected chi connectivity index (χ0v) is 12.3. The number of H-pyrrole nitrogens is 1. The Labute approximate surface area is 126 Å². The van der Waals surface area contributed by atoms with E-state index >= 15 is 0 Å². The molecule has 0 aliphatic heterocycles. The SMILES string of the molecule is CCCOc1ccc(-c2ncc(C(=O)O)c(=O)[nH]2)cc1OC. The van der Waals surface area contributed by atoms with E-state index in [-0.39, 0.29) is 5.82 Å². The van der Waals surface area contributed by atoms with Gasteiger partial charge < -0.3 is 19.6 Å². The first-order valence-corrected chi connectivity index (χ1v) is 6.70. The van der Waals surface area contributed by atoms with E-state index in [9.17, 15) is 9.59 Å². The maximum absolute atomic E-state index is 11.7. The number of carboxylic acids is 1. The van der Waals surface area contributed by atoms with E-state index in [4.69, 9.17) is 14.6 Å². The molecular formula is C15H16N2O5. The highest BCUT2D eigenvalue weighted by atomic mass is 16.5. The van der Waals surface area contributed by atoms with E-state index in [1.807, 2.05) is 6.92 Å². The highest BCUT2D eigenvalue weighted by Crippen LogP contribution is 2.31. The summed E-state index contributed by atoms with van der Waals surface area (Å²) in [6.07, 6.45) is 1.90. The predicted molar refractivity (Wildman–Crippen MR) is 79.6 cm³/mol. The van der Waals surface area contributed by atoms with E-state index in [0.717, 1.165) is 12.6 Å². The van der Waals surface area contributed by atoms with Gasteiger partial charge in [0.2, 0.25) is 0 Å². The van der Waals surface area contributed by atoms with Gasteiger partial charge in [0, 0.05) is 11.8 Å².